The summed E-state index contributed by atoms with van der Waals surface area (Å²) < 4.78 is 6.60. The molecule has 0 spiro atoms. The third kappa shape index (κ3) is 3.99. The van der Waals surface area contributed by atoms with Crippen molar-refractivity contribution in [3.05, 3.63) is 63.1 Å². The Morgan fingerprint density at radius 1 is 1.11 bits per heavy atom. The van der Waals surface area contributed by atoms with Crippen molar-refractivity contribution < 1.29 is 4.74 Å². The maximum Gasteiger partial charge on any atom is 0.121 e. The Balaban J connectivity index is 2.00. The Morgan fingerprint density at radius 3 is 2.37 bits per heavy atom. The van der Waals surface area contributed by atoms with Gasteiger partial charge in [0.2, 0.25) is 0 Å². The van der Waals surface area contributed by atoms with Crippen molar-refractivity contribution in [3.63, 3.8) is 0 Å². The van der Waals surface area contributed by atoms with Gasteiger partial charge in [-0.25, -0.2) is 0 Å². The molecular formula is C16H16BrClO. The van der Waals surface area contributed by atoms with E-state index in [0.29, 0.717) is 17.5 Å². The third-order valence-corrected chi connectivity index (χ3v) is 4.18. The highest BCUT2D eigenvalue weighted by atomic mass is 79.9. The number of hydrogen-bond donors (Lipinski definition) is 0. The second kappa shape index (κ2) is 6.44. The molecular weight excluding hydrogens is 324 g/mol. The molecule has 2 aromatic rings. The molecule has 0 fully saturated rings. The average molecular weight is 340 g/mol. The van der Waals surface area contributed by atoms with E-state index in [0.717, 1.165) is 15.8 Å². The maximum absolute atomic E-state index is 6.02. The lowest BCUT2D eigenvalue weighted by molar-refractivity contribution is 0.306. The Kier molecular flexibility index (Phi) is 4.89. The van der Waals surface area contributed by atoms with Gasteiger partial charge in [-0.1, -0.05) is 49.7 Å². The second-order valence-corrected chi connectivity index (χ2v) is 6.02. The summed E-state index contributed by atoms with van der Waals surface area (Å²) in [5.41, 5.74) is 2.50. The molecule has 0 amide bonds. The van der Waals surface area contributed by atoms with Crippen LogP contribution < -0.4 is 4.74 Å². The monoisotopic (exact) mass is 338 g/mol. The van der Waals surface area contributed by atoms with Crippen LogP contribution in [0.15, 0.2) is 46.9 Å². The van der Waals surface area contributed by atoms with Crippen LogP contribution in [0.5, 0.6) is 5.75 Å². The topological polar surface area (TPSA) is 9.23 Å². The first kappa shape index (κ1) is 14.4. The number of halogens is 2. The van der Waals surface area contributed by atoms with Gasteiger partial charge < -0.3 is 4.74 Å². The van der Waals surface area contributed by atoms with Gasteiger partial charge in [-0.3, -0.25) is 0 Å². The summed E-state index contributed by atoms with van der Waals surface area (Å²) in [4.78, 5) is 0. The van der Waals surface area contributed by atoms with Crippen molar-refractivity contribution in [3.8, 4) is 5.75 Å². The molecule has 0 radical (unpaired) electrons. The van der Waals surface area contributed by atoms with Gasteiger partial charge in [0.25, 0.3) is 0 Å². The smallest absolute Gasteiger partial charge is 0.121 e. The summed E-state index contributed by atoms with van der Waals surface area (Å²) in [6.45, 7) is 4.93. The van der Waals surface area contributed by atoms with E-state index in [2.05, 4.69) is 54.0 Å². The molecule has 0 saturated carbocycles. The van der Waals surface area contributed by atoms with Crippen LogP contribution in [0, 0.1) is 0 Å². The van der Waals surface area contributed by atoms with Crippen molar-refractivity contribution in [2.75, 3.05) is 0 Å². The molecule has 0 aliphatic carbocycles. The van der Waals surface area contributed by atoms with Crippen LogP contribution in [-0.4, -0.2) is 0 Å². The Morgan fingerprint density at radius 2 is 1.79 bits per heavy atom. The number of benzene rings is 2. The van der Waals surface area contributed by atoms with E-state index in [1.165, 1.54) is 5.56 Å². The molecule has 2 rings (SSSR count). The lowest BCUT2D eigenvalue weighted by Crippen LogP contribution is -1.96. The van der Waals surface area contributed by atoms with E-state index in [1.807, 2.05) is 18.2 Å². The second-order valence-electron chi connectivity index (χ2n) is 4.76. The molecule has 0 unspecified atom stereocenters. The minimum Gasteiger partial charge on any atom is -0.489 e. The van der Waals surface area contributed by atoms with Crippen LogP contribution in [0.3, 0.4) is 0 Å². The van der Waals surface area contributed by atoms with Gasteiger partial charge in [-0.05, 0) is 51.2 Å². The van der Waals surface area contributed by atoms with Crippen molar-refractivity contribution in [2.24, 2.45) is 0 Å². The molecule has 100 valence electrons. The van der Waals surface area contributed by atoms with Crippen LogP contribution >= 0.6 is 27.5 Å². The zero-order valence-electron chi connectivity index (χ0n) is 11.0. The van der Waals surface area contributed by atoms with Gasteiger partial charge in [0.15, 0.2) is 0 Å². The summed E-state index contributed by atoms with van der Waals surface area (Å²) in [7, 11) is 0. The predicted molar refractivity (Wildman–Crippen MR) is 84.0 cm³/mol. The van der Waals surface area contributed by atoms with Crippen molar-refractivity contribution in [1.29, 1.82) is 0 Å². The summed E-state index contributed by atoms with van der Waals surface area (Å²) >= 11 is 9.38. The minimum absolute atomic E-state index is 0.552. The van der Waals surface area contributed by atoms with Crippen LogP contribution in [0.25, 0.3) is 0 Å². The normalized spacial score (nSPS) is 10.8. The molecule has 1 nitrogen and oxygen atoms in total. The SMILES string of the molecule is CC(C)c1ccc(COc2ccc(Br)c(Cl)c2)cc1. The quantitative estimate of drug-likeness (QED) is 0.683. The molecule has 0 atom stereocenters. The minimum atomic E-state index is 0.552. The number of rotatable bonds is 4. The van der Waals surface area contributed by atoms with Crippen molar-refractivity contribution in [2.45, 2.75) is 26.4 Å². The molecule has 3 heteroatoms. The van der Waals surface area contributed by atoms with Crippen LogP contribution in [-0.2, 0) is 6.61 Å². The summed E-state index contributed by atoms with van der Waals surface area (Å²) in [5.74, 6) is 1.33. The highest BCUT2D eigenvalue weighted by Crippen LogP contribution is 2.27. The molecule has 0 bridgehead atoms. The van der Waals surface area contributed by atoms with E-state index in [4.69, 9.17) is 16.3 Å². The predicted octanol–water partition coefficient (Wildman–Crippen LogP) is 5.80. The third-order valence-electron chi connectivity index (χ3n) is 2.94. The molecule has 19 heavy (non-hydrogen) atoms. The standard InChI is InChI=1S/C16H16BrClO/c1-11(2)13-5-3-12(4-6-13)10-19-14-7-8-15(17)16(18)9-14/h3-9,11H,10H2,1-2H3. The zero-order valence-corrected chi connectivity index (χ0v) is 13.3. The summed E-state index contributed by atoms with van der Waals surface area (Å²) in [5, 5.41) is 0.660. The molecule has 0 aromatic heterocycles. The van der Waals surface area contributed by atoms with Crippen molar-refractivity contribution in [1.82, 2.24) is 0 Å². The van der Waals surface area contributed by atoms with E-state index >= 15 is 0 Å². The van der Waals surface area contributed by atoms with E-state index < -0.39 is 0 Å². The van der Waals surface area contributed by atoms with E-state index in [-0.39, 0.29) is 0 Å². The zero-order chi connectivity index (χ0) is 13.8. The van der Waals surface area contributed by atoms with Gasteiger partial charge in [0.1, 0.15) is 12.4 Å². The van der Waals surface area contributed by atoms with Gasteiger partial charge in [0.05, 0.1) is 5.02 Å². The van der Waals surface area contributed by atoms with Crippen LogP contribution in [0.2, 0.25) is 5.02 Å². The molecule has 0 N–H and O–H groups in total. The lowest BCUT2D eigenvalue weighted by Gasteiger charge is -2.09. The van der Waals surface area contributed by atoms with Crippen LogP contribution in [0.4, 0.5) is 0 Å². The molecule has 0 aliphatic heterocycles. The molecule has 0 saturated heterocycles. The highest BCUT2D eigenvalue weighted by Gasteiger charge is 2.02. The molecule has 0 aliphatic rings. The summed E-state index contributed by atoms with van der Waals surface area (Å²) in [6.07, 6.45) is 0. The fourth-order valence-corrected chi connectivity index (χ4v) is 2.15. The lowest BCUT2D eigenvalue weighted by atomic mass is 10.0. The number of ether oxygens (including phenoxy) is 1. The average Bonchev–Trinajstić information content (AvgIpc) is 2.40. The Hall–Kier alpha value is -0.990. The molecule has 2 aromatic carbocycles. The van der Waals surface area contributed by atoms with Gasteiger partial charge in [-0.15, -0.1) is 0 Å². The first-order valence-electron chi connectivity index (χ1n) is 6.23. The van der Waals surface area contributed by atoms with E-state index in [9.17, 15) is 0 Å². The highest BCUT2D eigenvalue weighted by molar-refractivity contribution is 9.10. The van der Waals surface area contributed by atoms with Gasteiger partial charge in [-0.2, -0.15) is 0 Å². The Labute approximate surface area is 127 Å². The maximum atomic E-state index is 6.02. The van der Waals surface area contributed by atoms with Gasteiger partial charge in [0, 0.05) is 4.47 Å². The Bertz CT molecular complexity index is 549. The number of hydrogen-bond acceptors (Lipinski definition) is 1. The first-order chi connectivity index (χ1) is 9.06. The molecule has 0 heterocycles. The summed E-state index contributed by atoms with van der Waals surface area (Å²) in [6, 6.07) is 14.1. The first-order valence-corrected chi connectivity index (χ1v) is 7.40. The largest absolute Gasteiger partial charge is 0.489 e. The van der Waals surface area contributed by atoms with Gasteiger partial charge >= 0.3 is 0 Å². The fraction of sp³-hybridized carbons (Fsp3) is 0.250. The van der Waals surface area contributed by atoms with Crippen LogP contribution in [0.1, 0.15) is 30.9 Å². The fourth-order valence-electron chi connectivity index (χ4n) is 1.73. The van der Waals surface area contributed by atoms with E-state index in [1.54, 1.807) is 0 Å². The van der Waals surface area contributed by atoms with Crippen molar-refractivity contribution >= 4 is 27.5 Å².